The van der Waals surface area contributed by atoms with Gasteiger partial charge >= 0.3 is 0 Å². The van der Waals surface area contributed by atoms with Gasteiger partial charge in [0.1, 0.15) is 30.2 Å². The Balaban J connectivity index is 0.933. The zero-order chi connectivity index (χ0) is 42.5. The number of rotatable bonds is 15. The number of nitrogens with two attached hydrogens (primary N) is 1. The molecule has 3 aromatic heterocycles. The van der Waals surface area contributed by atoms with Gasteiger partial charge in [-0.05, 0) is 60.7 Å². The number of hydrogen-bond acceptors (Lipinski definition) is 14. The lowest BCUT2D eigenvalue weighted by Crippen LogP contribution is -2.48. The quantitative estimate of drug-likeness (QED) is 0.0712. The molecule has 5 aromatic rings. The van der Waals surface area contributed by atoms with E-state index in [4.69, 9.17) is 15.0 Å². The second-order valence-electron chi connectivity index (χ2n) is 15.7. The zero-order valence-electron chi connectivity index (χ0n) is 34.4. The molecule has 2 fully saturated rings. The molecule has 60 heavy (non-hydrogen) atoms. The maximum atomic E-state index is 14.2. The molecule has 17 heteroatoms. The fourth-order valence-corrected chi connectivity index (χ4v) is 8.68. The first kappa shape index (κ1) is 42.2. The maximum absolute atomic E-state index is 14.2. The number of aliphatic hydroxyl groups is 1. The monoisotopic (exact) mass is 836 g/mol. The van der Waals surface area contributed by atoms with E-state index in [0.717, 1.165) is 41.2 Å². The van der Waals surface area contributed by atoms with Crippen molar-refractivity contribution >= 4 is 34.7 Å². The Labute approximate surface area is 352 Å². The molecule has 2 saturated heterocycles. The summed E-state index contributed by atoms with van der Waals surface area (Å²) in [6.45, 7) is 10.2. The Hall–Kier alpha value is -5.91. The molecule has 5 atom stereocenters. The largest absolute Gasteiger partial charge is 0.507 e. The Morgan fingerprint density at radius 3 is 2.60 bits per heavy atom. The number of amides is 2. The summed E-state index contributed by atoms with van der Waals surface area (Å²) in [5.41, 5.74) is 13.1. The van der Waals surface area contributed by atoms with E-state index in [1.54, 1.807) is 42.6 Å². The van der Waals surface area contributed by atoms with E-state index in [9.17, 15) is 19.8 Å². The van der Waals surface area contributed by atoms with E-state index >= 15 is 0 Å². The number of aliphatic imine (C=N–C) groups is 1. The van der Waals surface area contributed by atoms with Crippen molar-refractivity contribution in [2.24, 2.45) is 16.6 Å². The molecule has 0 aliphatic carbocycles. The molecule has 316 valence electrons. The van der Waals surface area contributed by atoms with Crippen LogP contribution >= 0.6 is 11.3 Å². The van der Waals surface area contributed by atoms with Gasteiger partial charge in [0.2, 0.25) is 11.8 Å². The lowest BCUT2D eigenvalue weighted by atomic mass is 9.91. The molecule has 16 nitrogen and oxygen atoms in total. The number of thiazole rings is 1. The van der Waals surface area contributed by atoms with Crippen LogP contribution in [0.1, 0.15) is 68.3 Å². The summed E-state index contributed by atoms with van der Waals surface area (Å²) in [7, 11) is 1.59. The van der Waals surface area contributed by atoms with Crippen LogP contribution in [0.2, 0.25) is 0 Å². The lowest BCUT2D eigenvalue weighted by Gasteiger charge is -2.29. The first-order valence-electron chi connectivity index (χ1n) is 20.2. The summed E-state index contributed by atoms with van der Waals surface area (Å²) in [5, 5.41) is 40.4. The molecule has 6 N–H and O–H groups in total. The number of aliphatic hydroxyl groups excluding tert-OH is 1. The number of phenolic OH excluding ortho intramolecular Hbond substituents is 1. The molecular formula is C43H52N10O6S. The Morgan fingerprint density at radius 1 is 1.10 bits per heavy atom. The SMILES string of the molecule is CN=C(N)c1nnc(-c2ccccc2O)cc1NC1CCN(CCOc2cc(C(C(=O)N3C[C@H](O)C[C@H]3C(=O)N[C@@H](C)c3ccc(-c4scnc4C)cc3)C(C)C)on2)C1. The number of nitrogens with zero attached hydrogens (tertiary/aromatic N) is 7. The van der Waals surface area contributed by atoms with Crippen LogP contribution in [0.3, 0.4) is 0 Å². The van der Waals surface area contributed by atoms with Crippen LogP contribution in [0.15, 0.2) is 75.7 Å². The topological polar surface area (TPSA) is 217 Å². The molecule has 0 radical (unpaired) electrons. The van der Waals surface area contributed by atoms with Crippen LogP contribution in [-0.2, 0) is 9.59 Å². The molecule has 0 saturated carbocycles. The zero-order valence-corrected chi connectivity index (χ0v) is 35.2. The highest BCUT2D eigenvalue weighted by Gasteiger charge is 2.43. The van der Waals surface area contributed by atoms with Gasteiger partial charge in [0.05, 0.1) is 39.6 Å². The number of carbonyl (C=O) groups is 2. The van der Waals surface area contributed by atoms with Gasteiger partial charge in [-0.25, -0.2) is 4.98 Å². The molecule has 0 spiro atoms. The molecule has 5 heterocycles. The summed E-state index contributed by atoms with van der Waals surface area (Å²) < 4.78 is 11.7. The molecular weight excluding hydrogens is 785 g/mol. The number of phenols is 1. The van der Waals surface area contributed by atoms with Crippen molar-refractivity contribution in [3.63, 3.8) is 0 Å². The number of β-amino-alcohol motifs (C(OH)–C–C–N with tert-alkyl or cyclic N) is 1. The van der Waals surface area contributed by atoms with Crippen LogP contribution < -0.4 is 21.1 Å². The summed E-state index contributed by atoms with van der Waals surface area (Å²) in [4.78, 5) is 41.1. The standard InChI is InChI=1S/C43H52N10O6S/c1-24(2)38(43(57)53-22-30(54)18-34(53)42(56)47-25(3)27-10-12-28(13-11-27)40-26(4)46-23-60-40)36-20-37(51-59-36)58-17-16-52-15-14-29(21-52)48-33-19-32(31-8-6-7-9-35(31)55)49-50-39(33)41(44)45-5/h6-13,19-20,23-25,29-30,34,38,54-55H,14-18,21-22H2,1-5H3,(H2,44,45)(H,47,56)(H,48,49)/t25-,29?,30+,34-,38?/m0/s1. The van der Waals surface area contributed by atoms with Crippen LogP contribution in [0.25, 0.3) is 21.7 Å². The fourth-order valence-electron chi connectivity index (χ4n) is 7.87. The number of anilines is 1. The van der Waals surface area contributed by atoms with Gasteiger partial charge in [-0.15, -0.1) is 21.5 Å². The van der Waals surface area contributed by atoms with Gasteiger partial charge in [-0.2, -0.15) is 0 Å². The van der Waals surface area contributed by atoms with Crippen molar-refractivity contribution < 1.29 is 29.1 Å². The van der Waals surface area contributed by atoms with Crippen molar-refractivity contribution in [2.45, 2.75) is 70.7 Å². The third-order valence-electron chi connectivity index (χ3n) is 11.1. The summed E-state index contributed by atoms with van der Waals surface area (Å²) in [6, 6.07) is 17.3. The molecule has 2 aliphatic rings. The van der Waals surface area contributed by atoms with E-state index in [0.29, 0.717) is 41.6 Å². The van der Waals surface area contributed by atoms with E-state index < -0.39 is 18.1 Å². The van der Waals surface area contributed by atoms with Crippen LogP contribution in [0.4, 0.5) is 5.69 Å². The van der Waals surface area contributed by atoms with E-state index in [1.807, 2.05) is 69.6 Å². The smallest absolute Gasteiger partial charge is 0.254 e. The number of likely N-dealkylation sites (tertiary alicyclic amines) is 2. The van der Waals surface area contributed by atoms with Gasteiger partial charge in [-0.3, -0.25) is 19.5 Å². The van der Waals surface area contributed by atoms with E-state index in [2.05, 4.69) is 40.9 Å². The van der Waals surface area contributed by atoms with Crippen LogP contribution in [0, 0.1) is 12.8 Å². The Kier molecular flexibility index (Phi) is 13.1. The second kappa shape index (κ2) is 18.6. The second-order valence-corrected chi connectivity index (χ2v) is 16.6. The van der Waals surface area contributed by atoms with Gasteiger partial charge in [0.25, 0.3) is 5.88 Å². The van der Waals surface area contributed by atoms with E-state index in [1.165, 1.54) is 4.90 Å². The number of benzene rings is 2. The summed E-state index contributed by atoms with van der Waals surface area (Å²) >= 11 is 1.58. The van der Waals surface area contributed by atoms with Gasteiger partial charge in [0, 0.05) is 57.3 Å². The van der Waals surface area contributed by atoms with Crippen molar-refractivity contribution in [1.29, 1.82) is 0 Å². The molecule has 7 rings (SSSR count). The highest BCUT2D eigenvalue weighted by atomic mass is 32.1. The molecule has 2 unspecified atom stereocenters. The van der Waals surface area contributed by atoms with Crippen molar-refractivity contribution in [2.75, 3.05) is 45.2 Å². The third kappa shape index (κ3) is 9.43. The van der Waals surface area contributed by atoms with E-state index in [-0.39, 0.29) is 60.2 Å². The van der Waals surface area contributed by atoms with Crippen molar-refractivity contribution in [1.82, 2.24) is 35.5 Å². The number of aryl methyl sites for hydroxylation is 1. The third-order valence-corrected chi connectivity index (χ3v) is 12.1. The number of amidine groups is 1. The van der Waals surface area contributed by atoms with Gasteiger partial charge < -0.3 is 40.7 Å². The van der Waals surface area contributed by atoms with Crippen LogP contribution in [0.5, 0.6) is 11.6 Å². The minimum atomic E-state index is -0.842. The number of aromatic nitrogens is 4. The fraction of sp³-hybridized carbons (Fsp3) is 0.419. The van der Waals surface area contributed by atoms with Crippen molar-refractivity contribution in [3.05, 3.63) is 88.9 Å². The van der Waals surface area contributed by atoms with Crippen LogP contribution in [-0.4, -0.2) is 116 Å². The number of ether oxygens (including phenoxy) is 1. The average Bonchev–Trinajstić information content (AvgIpc) is 4.06. The average molecular weight is 837 g/mol. The predicted molar refractivity (Wildman–Crippen MR) is 229 cm³/mol. The normalized spacial score (nSPS) is 19.4. The number of hydrogen-bond donors (Lipinski definition) is 5. The highest BCUT2D eigenvalue weighted by Crippen LogP contribution is 2.34. The summed E-state index contributed by atoms with van der Waals surface area (Å²) in [5.74, 6) is -0.634. The van der Waals surface area contributed by atoms with Gasteiger partial charge in [0.15, 0.2) is 11.5 Å². The maximum Gasteiger partial charge on any atom is 0.254 e. The molecule has 2 aliphatic heterocycles. The summed E-state index contributed by atoms with van der Waals surface area (Å²) in [6.07, 6.45) is 0.154. The molecule has 0 bridgehead atoms. The molecule has 2 aromatic carbocycles. The lowest BCUT2D eigenvalue weighted by molar-refractivity contribution is -0.141. The number of aromatic hydroxyl groups is 1. The predicted octanol–water partition coefficient (Wildman–Crippen LogP) is 4.75. The Bertz CT molecular complexity index is 2310. The molecule has 2 amide bonds. The number of carbonyl (C=O) groups excluding carboxylic acids is 2. The number of nitrogens with one attached hydrogen (secondary N) is 2. The minimum Gasteiger partial charge on any atom is -0.507 e. The first-order valence-corrected chi connectivity index (χ1v) is 21.0. The van der Waals surface area contributed by atoms with Crippen molar-refractivity contribution in [3.8, 4) is 33.3 Å². The first-order chi connectivity index (χ1) is 28.9. The highest BCUT2D eigenvalue weighted by molar-refractivity contribution is 7.13. The minimum absolute atomic E-state index is 0.0386. The van der Waals surface area contributed by atoms with Gasteiger partial charge in [-0.1, -0.05) is 50.2 Å². The number of para-hydroxylation sites is 1. The Morgan fingerprint density at radius 2 is 1.88 bits per heavy atom.